The normalized spacial score (nSPS) is 13.9. The summed E-state index contributed by atoms with van der Waals surface area (Å²) in [4.78, 5) is 3.80. The van der Waals surface area contributed by atoms with Gasteiger partial charge in [0.25, 0.3) is 10.1 Å². The van der Waals surface area contributed by atoms with Gasteiger partial charge in [0, 0.05) is 12.4 Å². The van der Waals surface area contributed by atoms with E-state index in [-0.39, 0.29) is 6.61 Å². The maximum atomic E-state index is 11.1. The maximum absolute atomic E-state index is 11.1. The molecule has 0 amide bonds. The number of rotatable bonds is 4. The van der Waals surface area contributed by atoms with Gasteiger partial charge in [-0.2, -0.15) is 8.42 Å². The Morgan fingerprint density at radius 1 is 1.50 bits per heavy atom. The van der Waals surface area contributed by atoms with Crippen molar-refractivity contribution >= 4 is 10.1 Å². The summed E-state index contributed by atoms with van der Waals surface area (Å²) in [5.74, 6) is 0. The van der Waals surface area contributed by atoms with E-state index in [1.165, 1.54) is 6.92 Å². The average Bonchev–Trinajstić information content (AvgIpc) is 2.16. The van der Waals surface area contributed by atoms with E-state index in [2.05, 4.69) is 4.98 Å². The van der Waals surface area contributed by atoms with E-state index in [1.54, 1.807) is 24.5 Å². The highest BCUT2D eigenvalue weighted by atomic mass is 32.2. The predicted octanol–water partition coefficient (Wildman–Crippen LogP) is 0.233. The zero-order valence-electron chi connectivity index (χ0n) is 7.75. The second kappa shape index (κ2) is 4.50. The third-order valence-corrected chi connectivity index (χ3v) is 2.95. The summed E-state index contributed by atoms with van der Waals surface area (Å²) >= 11 is 0. The first-order chi connectivity index (χ1) is 6.52. The molecule has 1 rings (SSSR count). The highest BCUT2D eigenvalue weighted by Gasteiger charge is 2.16. The molecule has 5 nitrogen and oxygen atoms in total. The molecule has 0 spiro atoms. The lowest BCUT2D eigenvalue weighted by Crippen LogP contribution is -2.28. The van der Waals surface area contributed by atoms with Crippen molar-refractivity contribution < 1.29 is 12.6 Å². The number of nitrogens with two attached hydrogens (primary N) is 1. The number of pyridine rings is 1. The smallest absolute Gasteiger partial charge is 0.283 e. The molecule has 0 saturated heterocycles. The predicted molar refractivity (Wildman–Crippen MR) is 51.6 cm³/mol. The van der Waals surface area contributed by atoms with E-state index in [4.69, 9.17) is 9.92 Å². The molecule has 1 atom stereocenters. The molecule has 0 aromatic carbocycles. The van der Waals surface area contributed by atoms with E-state index >= 15 is 0 Å². The van der Waals surface area contributed by atoms with Crippen LogP contribution in [0, 0.1) is 0 Å². The third kappa shape index (κ3) is 3.06. The van der Waals surface area contributed by atoms with Gasteiger partial charge in [-0.1, -0.05) is 0 Å². The molecule has 6 heteroatoms. The first-order valence-corrected chi connectivity index (χ1v) is 5.52. The Bertz CT molecular complexity index is 375. The van der Waals surface area contributed by atoms with E-state index in [9.17, 15) is 8.42 Å². The van der Waals surface area contributed by atoms with E-state index < -0.39 is 15.5 Å². The molecular weight excluding hydrogens is 204 g/mol. The van der Waals surface area contributed by atoms with Gasteiger partial charge in [-0.25, -0.2) is 0 Å². The van der Waals surface area contributed by atoms with Crippen LogP contribution in [0.1, 0.15) is 12.5 Å². The molecule has 78 valence electrons. The van der Waals surface area contributed by atoms with Gasteiger partial charge in [0.15, 0.2) is 0 Å². The maximum Gasteiger partial charge on any atom is 0.283 e. The number of nitrogens with zero attached hydrogens (tertiary/aromatic N) is 1. The summed E-state index contributed by atoms with van der Waals surface area (Å²) in [5.41, 5.74) is 5.95. The number of aromatic nitrogens is 1. The first kappa shape index (κ1) is 11.1. The van der Waals surface area contributed by atoms with Crippen LogP contribution < -0.4 is 5.73 Å². The lowest BCUT2D eigenvalue weighted by molar-refractivity contribution is 0.303. The molecule has 0 aliphatic heterocycles. The van der Waals surface area contributed by atoms with Crippen LogP contribution in [0.5, 0.6) is 0 Å². The van der Waals surface area contributed by atoms with E-state index in [1.807, 2.05) is 0 Å². The second-order valence-electron chi connectivity index (χ2n) is 2.82. The number of hydrogen-bond donors (Lipinski definition) is 1. The van der Waals surface area contributed by atoms with Gasteiger partial charge in [-0.15, -0.1) is 0 Å². The van der Waals surface area contributed by atoms with Crippen LogP contribution in [-0.2, 0) is 20.9 Å². The largest absolute Gasteiger partial charge is 0.313 e. The molecule has 0 aliphatic rings. The van der Waals surface area contributed by atoms with Gasteiger partial charge >= 0.3 is 0 Å². The minimum Gasteiger partial charge on any atom is -0.313 e. The Kier molecular flexibility index (Phi) is 3.56. The lowest BCUT2D eigenvalue weighted by Gasteiger charge is -2.07. The third-order valence-electron chi connectivity index (χ3n) is 1.59. The van der Waals surface area contributed by atoms with Crippen LogP contribution in [-0.4, -0.2) is 18.8 Å². The van der Waals surface area contributed by atoms with Gasteiger partial charge in [0.1, 0.15) is 5.37 Å². The zero-order valence-corrected chi connectivity index (χ0v) is 8.57. The standard InChI is InChI=1S/C8H12N2O3S/c1-7(9)14(11,12)13-6-8-2-4-10-5-3-8/h2-5,7H,6,9H2,1H3. The molecule has 1 aromatic heterocycles. The fourth-order valence-corrected chi connectivity index (χ4v) is 1.25. The molecule has 0 radical (unpaired) electrons. The van der Waals surface area contributed by atoms with Gasteiger partial charge in [0.05, 0.1) is 6.61 Å². The van der Waals surface area contributed by atoms with Crippen LogP contribution in [0.25, 0.3) is 0 Å². The summed E-state index contributed by atoms with van der Waals surface area (Å²) in [6.45, 7) is 1.36. The topological polar surface area (TPSA) is 82.3 Å². The summed E-state index contributed by atoms with van der Waals surface area (Å²) in [6, 6.07) is 3.35. The molecule has 1 heterocycles. The molecule has 0 aliphatic carbocycles. The van der Waals surface area contributed by atoms with Crippen molar-refractivity contribution in [2.45, 2.75) is 18.9 Å². The quantitative estimate of drug-likeness (QED) is 0.729. The van der Waals surface area contributed by atoms with Crippen molar-refractivity contribution in [1.29, 1.82) is 0 Å². The Morgan fingerprint density at radius 2 is 2.07 bits per heavy atom. The summed E-state index contributed by atoms with van der Waals surface area (Å²) in [5, 5.41) is -1.01. The molecule has 1 aromatic rings. The highest BCUT2D eigenvalue weighted by molar-refractivity contribution is 7.87. The zero-order chi connectivity index (χ0) is 10.6. The second-order valence-corrected chi connectivity index (χ2v) is 4.78. The van der Waals surface area contributed by atoms with E-state index in [0.29, 0.717) is 0 Å². The molecular formula is C8H12N2O3S. The van der Waals surface area contributed by atoms with Crippen molar-refractivity contribution in [3.05, 3.63) is 30.1 Å². The number of hydrogen-bond acceptors (Lipinski definition) is 5. The van der Waals surface area contributed by atoms with Crippen molar-refractivity contribution in [3.8, 4) is 0 Å². The SMILES string of the molecule is CC(N)S(=O)(=O)OCc1ccncc1. The molecule has 0 bridgehead atoms. The van der Waals surface area contributed by atoms with E-state index in [0.717, 1.165) is 5.56 Å². The monoisotopic (exact) mass is 216 g/mol. The van der Waals surface area contributed by atoms with Crippen LogP contribution in [0.15, 0.2) is 24.5 Å². The Labute approximate surface area is 83.0 Å². The van der Waals surface area contributed by atoms with Gasteiger partial charge in [0.2, 0.25) is 0 Å². The van der Waals surface area contributed by atoms with Crippen LogP contribution in [0.4, 0.5) is 0 Å². The fourth-order valence-electron chi connectivity index (χ4n) is 0.737. The van der Waals surface area contributed by atoms with Crippen LogP contribution >= 0.6 is 0 Å². The van der Waals surface area contributed by atoms with Gasteiger partial charge < -0.3 is 5.73 Å². The van der Waals surface area contributed by atoms with Crippen molar-refractivity contribution in [3.63, 3.8) is 0 Å². The Morgan fingerprint density at radius 3 is 2.57 bits per heavy atom. The Hall–Kier alpha value is -0.980. The first-order valence-electron chi connectivity index (χ1n) is 4.05. The summed E-state index contributed by atoms with van der Waals surface area (Å²) in [6.07, 6.45) is 3.13. The van der Waals surface area contributed by atoms with Crippen molar-refractivity contribution in [2.75, 3.05) is 0 Å². The lowest BCUT2D eigenvalue weighted by atomic mass is 10.3. The van der Waals surface area contributed by atoms with Crippen LogP contribution in [0.3, 0.4) is 0 Å². The molecule has 14 heavy (non-hydrogen) atoms. The van der Waals surface area contributed by atoms with Crippen molar-refractivity contribution in [1.82, 2.24) is 4.98 Å². The minimum atomic E-state index is -3.64. The molecule has 0 fully saturated rings. The van der Waals surface area contributed by atoms with Crippen molar-refractivity contribution in [2.24, 2.45) is 5.73 Å². The van der Waals surface area contributed by atoms with Gasteiger partial charge in [-0.3, -0.25) is 9.17 Å². The van der Waals surface area contributed by atoms with Crippen LogP contribution in [0.2, 0.25) is 0 Å². The molecule has 1 unspecified atom stereocenters. The average molecular weight is 216 g/mol. The van der Waals surface area contributed by atoms with Gasteiger partial charge in [-0.05, 0) is 24.6 Å². The summed E-state index contributed by atoms with van der Waals surface area (Å²) < 4.78 is 27.0. The molecule has 0 saturated carbocycles. The Balaban J connectivity index is 2.58. The minimum absolute atomic E-state index is 0.00755. The summed E-state index contributed by atoms with van der Waals surface area (Å²) in [7, 11) is -3.64. The highest BCUT2D eigenvalue weighted by Crippen LogP contribution is 2.04. The molecule has 2 N–H and O–H groups in total. The fraction of sp³-hybridized carbons (Fsp3) is 0.375.